The highest BCUT2D eigenvalue weighted by molar-refractivity contribution is 9.10. The van der Waals surface area contributed by atoms with Crippen LogP contribution in [0.25, 0.3) is 0 Å². The first-order valence-electron chi connectivity index (χ1n) is 5.99. The van der Waals surface area contributed by atoms with Gasteiger partial charge in [-0.25, -0.2) is 4.79 Å². The van der Waals surface area contributed by atoms with Crippen molar-refractivity contribution < 1.29 is 9.53 Å². The molecule has 1 aromatic rings. The van der Waals surface area contributed by atoms with Crippen LogP contribution in [0.3, 0.4) is 0 Å². The molecule has 2 rings (SSSR count). The Hall–Kier alpha value is -1.07. The molecule has 1 heterocycles. The lowest BCUT2D eigenvalue weighted by Crippen LogP contribution is -2.45. The lowest BCUT2D eigenvalue weighted by molar-refractivity contribution is 0.173. The molecule has 0 bridgehead atoms. The second-order valence-electron chi connectivity index (χ2n) is 4.76. The van der Waals surface area contributed by atoms with Gasteiger partial charge in [-0.15, -0.1) is 0 Å². The van der Waals surface area contributed by atoms with E-state index in [4.69, 9.17) is 10.5 Å². The number of halogens is 1. The summed E-state index contributed by atoms with van der Waals surface area (Å²) >= 11 is 3.39. The number of carbonyl (C=O) groups excluding carboxylic acids is 1. The molecule has 18 heavy (non-hydrogen) atoms. The monoisotopic (exact) mass is 312 g/mol. The van der Waals surface area contributed by atoms with Crippen molar-refractivity contribution in [2.24, 2.45) is 5.73 Å². The van der Waals surface area contributed by atoms with E-state index in [0.717, 1.165) is 23.0 Å². The third-order valence-corrected chi connectivity index (χ3v) is 3.76. The lowest BCUT2D eigenvalue weighted by atomic mass is 9.95. The van der Waals surface area contributed by atoms with Gasteiger partial charge in [-0.1, -0.05) is 15.9 Å². The Kier molecular flexibility index (Phi) is 3.92. The third kappa shape index (κ3) is 2.52. The van der Waals surface area contributed by atoms with Crippen LogP contribution >= 0.6 is 15.9 Å². The van der Waals surface area contributed by atoms with E-state index < -0.39 is 0 Å². The first kappa shape index (κ1) is 13.4. The fourth-order valence-electron chi connectivity index (χ4n) is 2.24. The van der Waals surface area contributed by atoms with Crippen molar-refractivity contribution in [2.75, 3.05) is 18.1 Å². The predicted octanol–water partition coefficient (Wildman–Crippen LogP) is 2.90. The molecule has 1 atom stereocenters. The minimum Gasteiger partial charge on any atom is -0.447 e. The van der Waals surface area contributed by atoms with Crippen molar-refractivity contribution in [1.29, 1.82) is 0 Å². The SMILES string of the molecule is CC1(CCCN)COC(=O)N1c1ccc(Br)cc1. The molecule has 1 unspecified atom stereocenters. The summed E-state index contributed by atoms with van der Waals surface area (Å²) in [6.07, 6.45) is 1.43. The zero-order chi connectivity index (χ0) is 13.2. The van der Waals surface area contributed by atoms with Gasteiger partial charge >= 0.3 is 6.09 Å². The van der Waals surface area contributed by atoms with Crippen LogP contribution in [0.5, 0.6) is 0 Å². The standard InChI is InChI=1S/C13H17BrN2O2/c1-13(7-2-8-15)9-18-12(17)16(13)11-5-3-10(14)4-6-11/h3-6H,2,7-9,15H2,1H3. The van der Waals surface area contributed by atoms with Gasteiger partial charge in [0.1, 0.15) is 6.61 Å². The van der Waals surface area contributed by atoms with Crippen LogP contribution < -0.4 is 10.6 Å². The van der Waals surface area contributed by atoms with E-state index >= 15 is 0 Å². The second kappa shape index (κ2) is 5.28. The van der Waals surface area contributed by atoms with Crippen LogP contribution in [0.4, 0.5) is 10.5 Å². The first-order chi connectivity index (χ1) is 8.57. The number of nitrogens with two attached hydrogens (primary N) is 1. The molecule has 1 fully saturated rings. The second-order valence-corrected chi connectivity index (χ2v) is 5.67. The molecule has 0 saturated carbocycles. The molecule has 1 saturated heterocycles. The van der Waals surface area contributed by atoms with Gasteiger partial charge in [0.25, 0.3) is 0 Å². The normalized spacial score (nSPS) is 23.3. The Morgan fingerprint density at radius 2 is 2.11 bits per heavy atom. The number of hydrogen-bond acceptors (Lipinski definition) is 3. The summed E-state index contributed by atoms with van der Waals surface area (Å²) in [5, 5.41) is 0. The number of nitrogens with zero attached hydrogens (tertiary/aromatic N) is 1. The van der Waals surface area contributed by atoms with Gasteiger partial charge in [0, 0.05) is 10.2 Å². The van der Waals surface area contributed by atoms with Crippen LogP contribution in [0, 0.1) is 0 Å². The molecular weight excluding hydrogens is 296 g/mol. The Labute approximate surface area is 115 Å². The van der Waals surface area contributed by atoms with Crippen LogP contribution in [0.15, 0.2) is 28.7 Å². The van der Waals surface area contributed by atoms with E-state index in [9.17, 15) is 4.79 Å². The number of cyclic esters (lactones) is 1. The summed E-state index contributed by atoms with van der Waals surface area (Å²) in [4.78, 5) is 13.6. The minimum absolute atomic E-state index is 0.281. The van der Waals surface area contributed by atoms with Crippen LogP contribution in [-0.4, -0.2) is 24.8 Å². The smallest absolute Gasteiger partial charge is 0.415 e. The van der Waals surface area contributed by atoms with Crippen LogP contribution in [-0.2, 0) is 4.74 Å². The molecule has 1 aliphatic rings. The molecule has 5 heteroatoms. The molecule has 1 aliphatic heterocycles. The third-order valence-electron chi connectivity index (χ3n) is 3.23. The molecule has 0 radical (unpaired) electrons. The Bertz CT molecular complexity index is 435. The number of carbonyl (C=O) groups is 1. The molecule has 0 aromatic heterocycles. The average molecular weight is 313 g/mol. The van der Waals surface area contributed by atoms with E-state index in [0.29, 0.717) is 13.2 Å². The number of rotatable bonds is 4. The van der Waals surface area contributed by atoms with E-state index in [-0.39, 0.29) is 11.6 Å². The highest BCUT2D eigenvalue weighted by Gasteiger charge is 2.43. The van der Waals surface area contributed by atoms with Crippen molar-refractivity contribution in [3.63, 3.8) is 0 Å². The minimum atomic E-state index is -0.301. The number of benzene rings is 1. The quantitative estimate of drug-likeness (QED) is 0.930. The molecule has 0 spiro atoms. The number of amides is 1. The van der Waals surface area contributed by atoms with Gasteiger partial charge in [0.2, 0.25) is 0 Å². The van der Waals surface area contributed by atoms with Crippen molar-refractivity contribution >= 4 is 27.7 Å². The summed E-state index contributed by atoms with van der Waals surface area (Å²) in [6.45, 7) is 3.08. The van der Waals surface area contributed by atoms with Crippen molar-refractivity contribution in [1.82, 2.24) is 0 Å². The zero-order valence-electron chi connectivity index (χ0n) is 10.4. The molecule has 98 valence electrons. The van der Waals surface area contributed by atoms with Crippen LogP contribution in [0.2, 0.25) is 0 Å². The van der Waals surface area contributed by atoms with E-state index in [1.54, 1.807) is 4.90 Å². The average Bonchev–Trinajstić information content (AvgIpc) is 2.65. The molecule has 1 aromatic carbocycles. The van der Waals surface area contributed by atoms with Gasteiger partial charge in [0.15, 0.2) is 0 Å². The summed E-state index contributed by atoms with van der Waals surface area (Å²) in [5.41, 5.74) is 6.11. The van der Waals surface area contributed by atoms with E-state index in [2.05, 4.69) is 15.9 Å². The lowest BCUT2D eigenvalue weighted by Gasteiger charge is -2.31. The van der Waals surface area contributed by atoms with E-state index in [1.165, 1.54) is 0 Å². The molecule has 0 aliphatic carbocycles. The maximum atomic E-state index is 11.9. The number of anilines is 1. The van der Waals surface area contributed by atoms with Gasteiger partial charge < -0.3 is 10.5 Å². The number of hydrogen-bond donors (Lipinski definition) is 1. The highest BCUT2D eigenvalue weighted by atomic mass is 79.9. The van der Waals surface area contributed by atoms with Crippen molar-refractivity contribution in [3.8, 4) is 0 Å². The first-order valence-corrected chi connectivity index (χ1v) is 6.79. The van der Waals surface area contributed by atoms with E-state index in [1.807, 2.05) is 31.2 Å². The van der Waals surface area contributed by atoms with Crippen molar-refractivity contribution in [2.45, 2.75) is 25.3 Å². The largest absolute Gasteiger partial charge is 0.447 e. The molecule has 4 nitrogen and oxygen atoms in total. The summed E-state index contributed by atoms with van der Waals surface area (Å²) in [5.74, 6) is 0. The van der Waals surface area contributed by atoms with Gasteiger partial charge in [0.05, 0.1) is 5.54 Å². The maximum absolute atomic E-state index is 11.9. The summed E-state index contributed by atoms with van der Waals surface area (Å²) in [6, 6.07) is 7.67. The zero-order valence-corrected chi connectivity index (χ0v) is 11.9. The fraction of sp³-hybridized carbons (Fsp3) is 0.462. The highest BCUT2D eigenvalue weighted by Crippen LogP contribution is 2.34. The Balaban J connectivity index is 2.27. The number of ether oxygens (including phenoxy) is 1. The molecular formula is C13H17BrN2O2. The van der Waals surface area contributed by atoms with Crippen molar-refractivity contribution in [3.05, 3.63) is 28.7 Å². The Morgan fingerprint density at radius 1 is 1.44 bits per heavy atom. The molecule has 2 N–H and O–H groups in total. The molecule has 1 amide bonds. The maximum Gasteiger partial charge on any atom is 0.415 e. The van der Waals surface area contributed by atoms with Crippen LogP contribution in [0.1, 0.15) is 19.8 Å². The predicted molar refractivity (Wildman–Crippen MR) is 74.7 cm³/mol. The van der Waals surface area contributed by atoms with Gasteiger partial charge in [-0.3, -0.25) is 4.90 Å². The Morgan fingerprint density at radius 3 is 2.72 bits per heavy atom. The van der Waals surface area contributed by atoms with Gasteiger partial charge in [-0.2, -0.15) is 0 Å². The topological polar surface area (TPSA) is 55.6 Å². The fourth-order valence-corrected chi connectivity index (χ4v) is 2.51. The van der Waals surface area contributed by atoms with Gasteiger partial charge in [-0.05, 0) is 50.6 Å². The summed E-state index contributed by atoms with van der Waals surface area (Å²) in [7, 11) is 0. The summed E-state index contributed by atoms with van der Waals surface area (Å²) < 4.78 is 6.19.